The predicted octanol–water partition coefficient (Wildman–Crippen LogP) is 1.45. The van der Waals surface area contributed by atoms with Gasteiger partial charge in [-0.3, -0.25) is 4.79 Å². The lowest BCUT2D eigenvalue weighted by atomic mass is 10.1. The molecule has 1 heterocycles. The standard InChI is InChI=1S/C11H9N3O2/c1-7(15)11-13-10(6-12-14-11)8-2-4-9(16)5-3-8/h2-6,16H,1H3. The van der Waals surface area contributed by atoms with Gasteiger partial charge in [0, 0.05) is 12.5 Å². The maximum atomic E-state index is 11.1. The summed E-state index contributed by atoms with van der Waals surface area (Å²) < 4.78 is 0. The maximum Gasteiger partial charge on any atom is 0.218 e. The maximum absolute atomic E-state index is 11.1. The molecule has 0 bridgehead atoms. The Labute approximate surface area is 91.8 Å². The number of rotatable bonds is 2. The number of hydrogen-bond acceptors (Lipinski definition) is 5. The summed E-state index contributed by atoms with van der Waals surface area (Å²) in [5, 5.41) is 16.5. The first kappa shape index (κ1) is 10.2. The van der Waals surface area contributed by atoms with Crippen LogP contribution in [0.15, 0.2) is 30.5 Å². The van der Waals surface area contributed by atoms with E-state index in [0.29, 0.717) is 5.69 Å². The molecule has 0 aliphatic heterocycles. The van der Waals surface area contributed by atoms with Crippen LogP contribution in [0.4, 0.5) is 0 Å². The number of benzene rings is 1. The zero-order chi connectivity index (χ0) is 11.5. The third kappa shape index (κ3) is 2.03. The Kier molecular flexibility index (Phi) is 2.59. The number of aromatic hydroxyl groups is 1. The molecule has 0 saturated heterocycles. The van der Waals surface area contributed by atoms with Gasteiger partial charge in [-0.25, -0.2) is 4.98 Å². The van der Waals surface area contributed by atoms with E-state index in [-0.39, 0.29) is 17.4 Å². The van der Waals surface area contributed by atoms with Crippen LogP contribution >= 0.6 is 0 Å². The Morgan fingerprint density at radius 1 is 1.25 bits per heavy atom. The smallest absolute Gasteiger partial charge is 0.218 e. The Bertz CT molecular complexity index is 523. The molecule has 16 heavy (non-hydrogen) atoms. The molecule has 2 aromatic rings. The van der Waals surface area contributed by atoms with Gasteiger partial charge in [-0.1, -0.05) is 0 Å². The fourth-order valence-corrected chi connectivity index (χ4v) is 1.22. The Morgan fingerprint density at radius 2 is 1.94 bits per heavy atom. The lowest BCUT2D eigenvalue weighted by Gasteiger charge is -2.00. The van der Waals surface area contributed by atoms with Crippen LogP contribution < -0.4 is 0 Å². The van der Waals surface area contributed by atoms with E-state index in [4.69, 9.17) is 5.11 Å². The van der Waals surface area contributed by atoms with Crippen molar-refractivity contribution < 1.29 is 9.90 Å². The van der Waals surface area contributed by atoms with Crippen molar-refractivity contribution in [2.45, 2.75) is 6.92 Å². The second-order valence-electron chi connectivity index (χ2n) is 3.27. The average Bonchev–Trinajstić information content (AvgIpc) is 2.30. The molecule has 1 aromatic heterocycles. The third-order valence-corrected chi connectivity index (χ3v) is 2.04. The van der Waals surface area contributed by atoms with Crippen LogP contribution in [0, 0.1) is 0 Å². The van der Waals surface area contributed by atoms with Crippen molar-refractivity contribution in [3.63, 3.8) is 0 Å². The monoisotopic (exact) mass is 215 g/mol. The molecule has 2 rings (SSSR count). The lowest BCUT2D eigenvalue weighted by Crippen LogP contribution is -2.03. The van der Waals surface area contributed by atoms with Crippen molar-refractivity contribution in [2.24, 2.45) is 0 Å². The SMILES string of the molecule is CC(=O)c1nncc(-c2ccc(O)cc2)n1. The molecule has 0 spiro atoms. The number of Topliss-reactive ketones (excluding diaryl/α,β-unsaturated/α-hetero) is 1. The number of aromatic nitrogens is 3. The summed E-state index contributed by atoms with van der Waals surface area (Å²) in [6.45, 7) is 1.39. The minimum absolute atomic E-state index is 0.0885. The molecule has 80 valence electrons. The van der Waals surface area contributed by atoms with Gasteiger partial charge in [0.2, 0.25) is 5.82 Å². The van der Waals surface area contributed by atoms with Gasteiger partial charge in [0.25, 0.3) is 0 Å². The summed E-state index contributed by atoms with van der Waals surface area (Å²) in [6, 6.07) is 6.49. The molecule has 0 fully saturated rings. The van der Waals surface area contributed by atoms with Crippen molar-refractivity contribution in [1.82, 2.24) is 15.2 Å². The molecule has 5 heteroatoms. The summed E-state index contributed by atoms with van der Waals surface area (Å²) in [6.07, 6.45) is 1.47. The number of phenolic OH excluding ortho intramolecular Hbond substituents is 1. The summed E-state index contributed by atoms with van der Waals surface area (Å²) in [4.78, 5) is 15.1. The van der Waals surface area contributed by atoms with Crippen LogP contribution in [0.3, 0.4) is 0 Å². The van der Waals surface area contributed by atoms with E-state index in [0.717, 1.165) is 5.56 Å². The van der Waals surface area contributed by atoms with Gasteiger partial charge in [-0.05, 0) is 24.3 Å². The van der Waals surface area contributed by atoms with Gasteiger partial charge in [0.15, 0.2) is 5.78 Å². The van der Waals surface area contributed by atoms with Gasteiger partial charge >= 0.3 is 0 Å². The molecule has 0 atom stereocenters. The highest BCUT2D eigenvalue weighted by Gasteiger charge is 2.06. The third-order valence-electron chi connectivity index (χ3n) is 2.04. The summed E-state index contributed by atoms with van der Waals surface area (Å²) in [5.74, 6) is 0.0382. The highest BCUT2D eigenvalue weighted by Crippen LogP contribution is 2.18. The molecule has 5 nitrogen and oxygen atoms in total. The number of phenols is 1. The summed E-state index contributed by atoms with van der Waals surface area (Å²) in [5.41, 5.74) is 1.33. The lowest BCUT2D eigenvalue weighted by molar-refractivity contribution is 0.100. The minimum Gasteiger partial charge on any atom is -0.508 e. The van der Waals surface area contributed by atoms with E-state index < -0.39 is 0 Å². The first-order valence-corrected chi connectivity index (χ1v) is 4.67. The Balaban J connectivity index is 2.44. The Hall–Kier alpha value is -2.30. The largest absolute Gasteiger partial charge is 0.508 e. The topological polar surface area (TPSA) is 76.0 Å². The molecule has 1 N–H and O–H groups in total. The molecule has 0 saturated carbocycles. The van der Waals surface area contributed by atoms with Crippen molar-refractivity contribution in [3.05, 3.63) is 36.3 Å². The van der Waals surface area contributed by atoms with Gasteiger partial charge in [0.05, 0.1) is 11.9 Å². The first-order valence-electron chi connectivity index (χ1n) is 4.67. The highest BCUT2D eigenvalue weighted by molar-refractivity contribution is 5.90. The van der Waals surface area contributed by atoms with Gasteiger partial charge in [-0.2, -0.15) is 5.10 Å². The van der Waals surface area contributed by atoms with E-state index in [9.17, 15) is 4.79 Å². The Morgan fingerprint density at radius 3 is 2.56 bits per heavy atom. The average molecular weight is 215 g/mol. The van der Waals surface area contributed by atoms with Crippen LogP contribution in [0.5, 0.6) is 5.75 Å². The minimum atomic E-state index is -0.229. The second-order valence-corrected chi connectivity index (χ2v) is 3.27. The number of ketones is 1. The second kappa shape index (κ2) is 4.06. The van der Waals surface area contributed by atoms with Crippen LogP contribution in [0.2, 0.25) is 0 Å². The number of nitrogens with zero attached hydrogens (tertiary/aromatic N) is 3. The molecular weight excluding hydrogens is 206 g/mol. The van der Waals surface area contributed by atoms with E-state index >= 15 is 0 Å². The van der Waals surface area contributed by atoms with Crippen molar-refractivity contribution >= 4 is 5.78 Å². The van der Waals surface area contributed by atoms with E-state index in [1.54, 1.807) is 24.3 Å². The molecule has 0 aliphatic rings. The molecule has 0 aliphatic carbocycles. The first-order chi connectivity index (χ1) is 7.66. The van der Waals surface area contributed by atoms with Gasteiger partial charge in [-0.15, -0.1) is 5.10 Å². The molecule has 0 radical (unpaired) electrons. The summed E-state index contributed by atoms with van der Waals surface area (Å²) in [7, 11) is 0. The van der Waals surface area contributed by atoms with Crippen LogP contribution in [0.1, 0.15) is 17.5 Å². The quantitative estimate of drug-likeness (QED) is 0.767. The summed E-state index contributed by atoms with van der Waals surface area (Å²) >= 11 is 0. The fraction of sp³-hybridized carbons (Fsp3) is 0.0909. The number of carbonyl (C=O) groups excluding carboxylic acids is 1. The van der Waals surface area contributed by atoms with Gasteiger partial charge in [0.1, 0.15) is 5.75 Å². The molecule has 1 aromatic carbocycles. The number of hydrogen-bond donors (Lipinski definition) is 1. The normalized spacial score (nSPS) is 10.1. The number of carbonyl (C=O) groups is 1. The van der Waals surface area contributed by atoms with Crippen molar-refractivity contribution in [2.75, 3.05) is 0 Å². The zero-order valence-electron chi connectivity index (χ0n) is 8.58. The van der Waals surface area contributed by atoms with E-state index in [1.165, 1.54) is 13.1 Å². The zero-order valence-corrected chi connectivity index (χ0v) is 8.58. The fourth-order valence-electron chi connectivity index (χ4n) is 1.22. The highest BCUT2D eigenvalue weighted by atomic mass is 16.3. The van der Waals surface area contributed by atoms with Crippen molar-refractivity contribution in [1.29, 1.82) is 0 Å². The van der Waals surface area contributed by atoms with E-state index in [1.807, 2.05) is 0 Å². The van der Waals surface area contributed by atoms with Crippen LogP contribution in [-0.2, 0) is 0 Å². The van der Waals surface area contributed by atoms with Crippen LogP contribution in [0.25, 0.3) is 11.3 Å². The van der Waals surface area contributed by atoms with Gasteiger partial charge < -0.3 is 5.11 Å². The molecular formula is C11H9N3O2. The van der Waals surface area contributed by atoms with Crippen LogP contribution in [-0.4, -0.2) is 26.1 Å². The van der Waals surface area contributed by atoms with Crippen molar-refractivity contribution in [3.8, 4) is 17.0 Å². The predicted molar refractivity (Wildman–Crippen MR) is 56.9 cm³/mol. The molecule has 0 amide bonds. The van der Waals surface area contributed by atoms with E-state index in [2.05, 4.69) is 15.2 Å². The molecule has 0 unspecified atom stereocenters.